The molecule has 2 saturated carbocycles. The van der Waals surface area contributed by atoms with E-state index in [4.69, 9.17) is 13.9 Å². The number of carboxylic acid groups (broad SMARTS) is 1. The van der Waals surface area contributed by atoms with Gasteiger partial charge in [-0.15, -0.1) is 0 Å². The Morgan fingerprint density at radius 3 is 2.61 bits per heavy atom. The first-order valence-electron chi connectivity index (χ1n) is 12.1. The zero-order valence-electron chi connectivity index (χ0n) is 19.7. The molecule has 6 rings (SSSR count). The monoisotopic (exact) mass is 458 g/mol. The molecule has 0 spiro atoms. The molecule has 1 unspecified atom stereocenters. The maximum atomic E-state index is 12.2. The highest BCUT2D eigenvalue weighted by Crippen LogP contribution is 2.73. The van der Waals surface area contributed by atoms with Crippen LogP contribution < -0.4 is 0 Å². The summed E-state index contributed by atoms with van der Waals surface area (Å²) in [5, 5.41) is 32.5. The quantitative estimate of drug-likeness (QED) is 0.597. The summed E-state index contributed by atoms with van der Waals surface area (Å²) in [5.74, 6) is -1.24. The molecule has 0 amide bonds. The number of fused-ring (bicyclic) bond motifs is 4. The Kier molecular flexibility index (Phi) is 4.44. The maximum absolute atomic E-state index is 12.2. The van der Waals surface area contributed by atoms with Crippen LogP contribution >= 0.6 is 0 Å². The highest BCUT2D eigenvalue weighted by atomic mass is 16.6. The summed E-state index contributed by atoms with van der Waals surface area (Å²) in [4.78, 5) is 12.2. The third kappa shape index (κ3) is 2.47. The fraction of sp³-hybridized carbons (Fsp3) is 0.731. The first-order valence-corrected chi connectivity index (χ1v) is 12.1. The lowest BCUT2D eigenvalue weighted by atomic mass is 9.40. The molecule has 2 saturated heterocycles. The first-order chi connectivity index (χ1) is 15.5. The minimum atomic E-state index is -0.871. The van der Waals surface area contributed by atoms with Gasteiger partial charge in [0.25, 0.3) is 0 Å². The molecule has 4 fully saturated rings. The number of aliphatic hydroxyl groups excluding tert-OH is 2. The number of hydrogen-bond donors (Lipinski definition) is 3. The Bertz CT molecular complexity index is 1020. The van der Waals surface area contributed by atoms with Crippen LogP contribution in [0.3, 0.4) is 0 Å². The number of aliphatic hydroxyl groups is 2. The lowest BCUT2D eigenvalue weighted by molar-refractivity contribution is -0.242. The van der Waals surface area contributed by atoms with Gasteiger partial charge in [0.2, 0.25) is 0 Å². The van der Waals surface area contributed by atoms with Gasteiger partial charge < -0.3 is 29.2 Å². The molecule has 3 aliphatic carbocycles. The summed E-state index contributed by atoms with van der Waals surface area (Å²) in [6.45, 7) is 8.73. The van der Waals surface area contributed by atoms with Crippen LogP contribution in [0.1, 0.15) is 58.4 Å². The van der Waals surface area contributed by atoms with E-state index >= 15 is 0 Å². The van der Waals surface area contributed by atoms with Crippen LogP contribution in [0.5, 0.6) is 0 Å². The summed E-state index contributed by atoms with van der Waals surface area (Å²) < 4.78 is 18.5. The highest BCUT2D eigenvalue weighted by Gasteiger charge is 2.77. The summed E-state index contributed by atoms with van der Waals surface area (Å²) in [7, 11) is 0. The molecule has 11 atom stereocenters. The molecule has 3 N–H and O–H groups in total. The van der Waals surface area contributed by atoms with Crippen LogP contribution in [-0.2, 0) is 14.3 Å². The van der Waals surface area contributed by atoms with Crippen molar-refractivity contribution in [3.05, 3.63) is 35.3 Å². The van der Waals surface area contributed by atoms with Crippen molar-refractivity contribution in [3.63, 3.8) is 0 Å². The van der Waals surface area contributed by atoms with Gasteiger partial charge in [-0.2, -0.15) is 0 Å². The molecular formula is C26H34O7. The molecule has 1 aromatic heterocycles. The van der Waals surface area contributed by atoms with Crippen molar-refractivity contribution < 1.29 is 34.0 Å². The summed E-state index contributed by atoms with van der Waals surface area (Å²) in [6, 6.07) is 1.99. The number of ether oxygens (including phenoxy) is 2. The standard InChI is InChI=1S/C26H34O7/c1-12-14(13-5-6-31-10-13)7-15-20(12)26(4)16(8-19(29)30)25(3)18(28)9-17(27)24(2)11-32-21(22(24)25)23(26)33-15/h5-6,10,14-18,21-23,27-28H,7-9,11H2,1-4H3,(H,29,30)/t14-,15-,16-,17-,18+,21-,22?,23-,24-,25+,26-/m1/s1. The smallest absolute Gasteiger partial charge is 0.303 e. The third-order valence-corrected chi connectivity index (χ3v) is 10.5. The SMILES string of the molecule is CC1=C2[C@@H](C[C@H]1c1ccoc1)O[C@@H]1[C@@H]3OC[C@@]4(C)C3[C@](C)([C@@H](O)C[C@H]4O)[C@@H](CC(=O)O)[C@]21C. The van der Waals surface area contributed by atoms with Crippen LogP contribution in [-0.4, -0.2) is 58.4 Å². The Morgan fingerprint density at radius 2 is 1.94 bits per heavy atom. The average molecular weight is 459 g/mol. The number of hydrogen-bond acceptors (Lipinski definition) is 6. The first kappa shape index (κ1) is 21.8. The minimum Gasteiger partial charge on any atom is -0.481 e. The number of carbonyl (C=O) groups is 1. The van der Waals surface area contributed by atoms with Gasteiger partial charge in [0.1, 0.15) is 0 Å². The van der Waals surface area contributed by atoms with E-state index in [2.05, 4.69) is 13.8 Å². The molecule has 2 aliphatic heterocycles. The fourth-order valence-electron chi connectivity index (χ4n) is 9.09. The summed E-state index contributed by atoms with van der Waals surface area (Å²) in [6.07, 6.45) is 2.21. The van der Waals surface area contributed by atoms with Gasteiger partial charge in [0.05, 0.1) is 49.7 Å². The van der Waals surface area contributed by atoms with Crippen molar-refractivity contribution in [2.75, 3.05) is 6.61 Å². The molecule has 5 aliphatic rings. The van der Waals surface area contributed by atoms with Crippen molar-refractivity contribution in [1.29, 1.82) is 0 Å². The van der Waals surface area contributed by atoms with Gasteiger partial charge in [-0.1, -0.05) is 26.3 Å². The molecule has 7 heteroatoms. The van der Waals surface area contributed by atoms with Gasteiger partial charge in [0.15, 0.2) is 0 Å². The average Bonchev–Trinajstić information content (AvgIpc) is 3.50. The fourth-order valence-corrected chi connectivity index (χ4v) is 9.09. The van der Waals surface area contributed by atoms with Gasteiger partial charge in [-0.3, -0.25) is 4.79 Å². The van der Waals surface area contributed by atoms with E-state index in [0.29, 0.717) is 6.61 Å². The molecule has 3 heterocycles. The summed E-state index contributed by atoms with van der Waals surface area (Å²) >= 11 is 0. The Labute approximate surface area is 193 Å². The molecule has 0 radical (unpaired) electrons. The van der Waals surface area contributed by atoms with Crippen LogP contribution in [0.4, 0.5) is 0 Å². The zero-order valence-corrected chi connectivity index (χ0v) is 19.7. The minimum absolute atomic E-state index is 0.0564. The Hall–Kier alpha value is -1.67. The lowest BCUT2D eigenvalue weighted by Gasteiger charge is -2.64. The molecule has 0 aromatic carbocycles. The maximum Gasteiger partial charge on any atom is 0.303 e. The van der Waals surface area contributed by atoms with Gasteiger partial charge >= 0.3 is 5.97 Å². The summed E-state index contributed by atoms with van der Waals surface area (Å²) in [5.41, 5.74) is 1.66. The number of furan rings is 1. The molecule has 0 bridgehead atoms. The van der Waals surface area contributed by atoms with Crippen LogP contribution in [0, 0.1) is 28.1 Å². The zero-order chi connectivity index (χ0) is 23.5. The van der Waals surface area contributed by atoms with E-state index in [1.165, 1.54) is 11.1 Å². The van der Waals surface area contributed by atoms with Crippen molar-refractivity contribution in [2.24, 2.45) is 28.1 Å². The second-order valence-electron chi connectivity index (χ2n) is 11.8. The number of allylic oxidation sites excluding steroid dienone is 1. The second-order valence-corrected chi connectivity index (χ2v) is 11.8. The predicted octanol–water partition coefficient (Wildman–Crippen LogP) is 3.11. The van der Waals surface area contributed by atoms with Gasteiger partial charge in [-0.05, 0) is 36.5 Å². The van der Waals surface area contributed by atoms with Gasteiger partial charge in [0, 0.05) is 40.9 Å². The predicted molar refractivity (Wildman–Crippen MR) is 117 cm³/mol. The molecule has 1 aromatic rings. The van der Waals surface area contributed by atoms with E-state index in [1.807, 2.05) is 19.9 Å². The number of rotatable bonds is 3. The molecule has 7 nitrogen and oxygen atoms in total. The van der Waals surface area contributed by atoms with Crippen molar-refractivity contribution in [2.45, 2.75) is 83.4 Å². The topological polar surface area (TPSA) is 109 Å². The molecule has 33 heavy (non-hydrogen) atoms. The van der Waals surface area contributed by atoms with Crippen LogP contribution in [0.15, 0.2) is 34.2 Å². The Morgan fingerprint density at radius 1 is 1.18 bits per heavy atom. The Balaban J connectivity index is 1.55. The third-order valence-electron chi connectivity index (χ3n) is 10.5. The van der Waals surface area contributed by atoms with Crippen molar-refractivity contribution in [3.8, 4) is 0 Å². The lowest BCUT2D eigenvalue weighted by Crippen LogP contribution is -2.70. The number of aliphatic carboxylic acids is 1. The van der Waals surface area contributed by atoms with Gasteiger partial charge in [-0.25, -0.2) is 0 Å². The van der Waals surface area contributed by atoms with E-state index in [9.17, 15) is 20.1 Å². The molecular weight excluding hydrogens is 424 g/mol. The number of carboxylic acids is 1. The van der Waals surface area contributed by atoms with E-state index in [-0.39, 0.29) is 48.9 Å². The van der Waals surface area contributed by atoms with Crippen molar-refractivity contribution >= 4 is 5.97 Å². The van der Waals surface area contributed by atoms with Crippen molar-refractivity contribution in [1.82, 2.24) is 0 Å². The van der Waals surface area contributed by atoms with Crippen LogP contribution in [0.25, 0.3) is 0 Å². The van der Waals surface area contributed by atoms with E-state index in [0.717, 1.165) is 12.0 Å². The van der Waals surface area contributed by atoms with E-state index < -0.39 is 34.4 Å². The normalized spacial score (nSPS) is 52.5. The highest BCUT2D eigenvalue weighted by molar-refractivity contribution is 5.68. The second kappa shape index (κ2) is 6.72. The van der Waals surface area contributed by atoms with E-state index in [1.54, 1.807) is 12.5 Å². The van der Waals surface area contributed by atoms with Crippen LogP contribution in [0.2, 0.25) is 0 Å². The largest absolute Gasteiger partial charge is 0.481 e. The molecule has 180 valence electrons.